The van der Waals surface area contributed by atoms with Crippen LogP contribution in [0.5, 0.6) is 5.75 Å². The molecular formula is C31H44ClN3O5S. The first-order valence-corrected chi connectivity index (χ1v) is 14.8. The zero-order chi connectivity index (χ0) is 31.1. The third-order valence-electron chi connectivity index (χ3n) is 6.62. The van der Waals surface area contributed by atoms with Crippen molar-refractivity contribution in [3.8, 4) is 5.75 Å². The van der Waals surface area contributed by atoms with Gasteiger partial charge in [0, 0.05) is 17.4 Å². The van der Waals surface area contributed by atoms with Crippen molar-refractivity contribution in [2.45, 2.75) is 92.0 Å². The van der Waals surface area contributed by atoms with Crippen molar-refractivity contribution in [3.05, 3.63) is 58.1 Å². The Bertz CT molecular complexity index is 1210. The molecule has 2 rings (SSSR count). The number of rotatable bonds is 11. The molecule has 3 N–H and O–H groups in total. The number of phenols is 1. The molecule has 0 spiro atoms. The van der Waals surface area contributed by atoms with Crippen LogP contribution in [0, 0.1) is 19.8 Å². The summed E-state index contributed by atoms with van der Waals surface area (Å²) in [6.07, 6.45) is 0.593. The molecule has 41 heavy (non-hydrogen) atoms. The normalized spacial score (nSPS) is 13.7. The van der Waals surface area contributed by atoms with E-state index in [0.29, 0.717) is 28.6 Å². The number of carbonyl (C=O) groups is 3. The Kier molecular flexibility index (Phi) is 12.4. The molecule has 0 fully saturated rings. The first kappa shape index (κ1) is 34.3. The SMILES string of the molecule is Cc1cccc(C(C(=O)Nc2c(C)cccc2Cl)N(C(=O)C(CS)NC(=O)OC(C)(C)C)C(C)CCC(C)C)c1O. The second kappa shape index (κ2) is 14.8. The smallest absolute Gasteiger partial charge is 0.408 e. The molecule has 3 amide bonds. The number of nitrogens with zero attached hydrogens (tertiary/aromatic N) is 1. The maximum Gasteiger partial charge on any atom is 0.408 e. The molecule has 0 saturated carbocycles. The van der Waals surface area contributed by atoms with E-state index in [-0.39, 0.29) is 17.1 Å². The van der Waals surface area contributed by atoms with Gasteiger partial charge in [-0.3, -0.25) is 9.59 Å². The number of aromatic hydroxyl groups is 1. The molecule has 0 bridgehead atoms. The molecule has 0 aliphatic heterocycles. The fourth-order valence-corrected chi connectivity index (χ4v) is 4.95. The van der Waals surface area contributed by atoms with Gasteiger partial charge in [-0.15, -0.1) is 0 Å². The third-order valence-corrected chi connectivity index (χ3v) is 7.30. The fourth-order valence-electron chi connectivity index (χ4n) is 4.43. The van der Waals surface area contributed by atoms with Crippen molar-refractivity contribution in [3.63, 3.8) is 0 Å². The fraction of sp³-hybridized carbons (Fsp3) is 0.516. The van der Waals surface area contributed by atoms with Crippen molar-refractivity contribution in [1.29, 1.82) is 0 Å². The molecule has 0 aromatic heterocycles. The lowest BCUT2D eigenvalue weighted by atomic mass is 9.95. The van der Waals surface area contributed by atoms with Crippen LogP contribution in [-0.2, 0) is 14.3 Å². The maximum absolute atomic E-state index is 14.3. The number of halogens is 1. The standard InChI is InChI=1S/C31H44ClN3O5S/c1-18(2)15-16-21(5)35(29(38)24(17-41)33-30(39)40-31(6,7)8)26(22-13-9-12-20(4)27(22)36)28(37)34-25-19(3)11-10-14-23(25)32/h9-14,18,21,24,26,36,41H,15-17H2,1-8H3,(H,33,39)(H,34,37). The Morgan fingerprint density at radius 2 is 1.63 bits per heavy atom. The van der Waals surface area contributed by atoms with Crippen LogP contribution in [0.4, 0.5) is 10.5 Å². The highest BCUT2D eigenvalue weighted by molar-refractivity contribution is 7.80. The molecule has 0 aliphatic carbocycles. The van der Waals surface area contributed by atoms with Gasteiger partial charge in [0.2, 0.25) is 5.91 Å². The second-order valence-corrected chi connectivity index (χ2v) is 12.6. The minimum absolute atomic E-state index is 0.0385. The minimum Gasteiger partial charge on any atom is -0.507 e. The van der Waals surface area contributed by atoms with Gasteiger partial charge in [0.25, 0.3) is 5.91 Å². The zero-order valence-electron chi connectivity index (χ0n) is 25.2. The summed E-state index contributed by atoms with van der Waals surface area (Å²) in [5.41, 5.74) is 1.18. The maximum atomic E-state index is 14.3. The number of aryl methyl sites for hydroxylation is 2. The summed E-state index contributed by atoms with van der Waals surface area (Å²) < 4.78 is 5.38. The van der Waals surface area contributed by atoms with E-state index in [2.05, 4.69) is 37.1 Å². The van der Waals surface area contributed by atoms with Crippen LogP contribution in [0.2, 0.25) is 5.02 Å². The van der Waals surface area contributed by atoms with Crippen LogP contribution in [0.3, 0.4) is 0 Å². The lowest BCUT2D eigenvalue weighted by Gasteiger charge is -2.39. The van der Waals surface area contributed by atoms with E-state index in [4.69, 9.17) is 16.3 Å². The van der Waals surface area contributed by atoms with Crippen LogP contribution < -0.4 is 10.6 Å². The lowest BCUT2D eigenvalue weighted by molar-refractivity contribution is -0.143. The average Bonchev–Trinajstić information content (AvgIpc) is 2.87. The highest BCUT2D eigenvalue weighted by atomic mass is 35.5. The van der Waals surface area contributed by atoms with Crippen molar-refractivity contribution in [1.82, 2.24) is 10.2 Å². The molecule has 3 unspecified atom stereocenters. The Morgan fingerprint density at radius 1 is 1.02 bits per heavy atom. The number of ether oxygens (including phenoxy) is 1. The van der Waals surface area contributed by atoms with E-state index in [0.717, 1.165) is 12.0 Å². The molecule has 2 aromatic rings. The molecule has 226 valence electrons. The van der Waals surface area contributed by atoms with Crippen LogP contribution >= 0.6 is 24.2 Å². The average molecular weight is 606 g/mol. The Labute approximate surface area is 254 Å². The highest BCUT2D eigenvalue weighted by Gasteiger charge is 2.40. The van der Waals surface area contributed by atoms with Gasteiger partial charge in [-0.1, -0.05) is 55.8 Å². The summed E-state index contributed by atoms with van der Waals surface area (Å²) in [6, 6.07) is 7.54. The quantitative estimate of drug-likeness (QED) is 0.210. The number of benzene rings is 2. The molecule has 10 heteroatoms. The number of thiol groups is 1. The van der Waals surface area contributed by atoms with Crippen LogP contribution in [0.1, 0.15) is 77.1 Å². The predicted molar refractivity (Wildman–Crippen MR) is 168 cm³/mol. The van der Waals surface area contributed by atoms with Gasteiger partial charge in [-0.2, -0.15) is 12.6 Å². The van der Waals surface area contributed by atoms with Crippen molar-refractivity contribution in [2.75, 3.05) is 11.1 Å². The summed E-state index contributed by atoms with van der Waals surface area (Å²) in [7, 11) is 0. The van der Waals surface area contributed by atoms with Gasteiger partial charge in [0.1, 0.15) is 23.4 Å². The van der Waals surface area contributed by atoms with E-state index in [1.807, 2.05) is 19.9 Å². The van der Waals surface area contributed by atoms with Gasteiger partial charge >= 0.3 is 6.09 Å². The summed E-state index contributed by atoms with van der Waals surface area (Å²) >= 11 is 10.8. The van der Waals surface area contributed by atoms with Gasteiger partial charge in [0.05, 0.1) is 10.7 Å². The van der Waals surface area contributed by atoms with E-state index in [9.17, 15) is 19.5 Å². The van der Waals surface area contributed by atoms with Crippen molar-refractivity contribution >= 4 is 47.8 Å². The molecule has 0 heterocycles. The molecule has 3 atom stereocenters. The first-order valence-electron chi connectivity index (χ1n) is 13.8. The summed E-state index contributed by atoms with van der Waals surface area (Å²) in [4.78, 5) is 42.6. The number of hydrogen-bond acceptors (Lipinski definition) is 6. The second-order valence-electron chi connectivity index (χ2n) is 11.8. The minimum atomic E-state index is -1.25. The molecule has 0 radical (unpaired) electrons. The van der Waals surface area contributed by atoms with Crippen molar-refractivity contribution in [2.24, 2.45) is 5.92 Å². The van der Waals surface area contributed by atoms with Crippen LogP contribution in [0.15, 0.2) is 36.4 Å². The molecule has 0 saturated heterocycles. The zero-order valence-corrected chi connectivity index (χ0v) is 26.9. The Morgan fingerprint density at radius 3 is 2.20 bits per heavy atom. The molecular weight excluding hydrogens is 562 g/mol. The highest BCUT2D eigenvalue weighted by Crippen LogP contribution is 2.36. The summed E-state index contributed by atoms with van der Waals surface area (Å²) in [5, 5.41) is 17.0. The largest absolute Gasteiger partial charge is 0.507 e. The predicted octanol–water partition coefficient (Wildman–Crippen LogP) is 6.82. The third kappa shape index (κ3) is 9.57. The number of para-hydroxylation sites is 2. The summed E-state index contributed by atoms with van der Waals surface area (Å²) in [6.45, 7) is 14.7. The van der Waals surface area contributed by atoms with E-state index >= 15 is 0 Å². The number of hydrogen-bond donors (Lipinski definition) is 4. The topological polar surface area (TPSA) is 108 Å². The Hall–Kier alpha value is -2.91. The number of nitrogens with one attached hydrogen (secondary N) is 2. The van der Waals surface area contributed by atoms with Gasteiger partial charge in [0.15, 0.2) is 0 Å². The first-order chi connectivity index (χ1) is 19.1. The van der Waals surface area contributed by atoms with Crippen LogP contribution in [0.25, 0.3) is 0 Å². The van der Waals surface area contributed by atoms with Gasteiger partial charge in [-0.25, -0.2) is 4.79 Å². The van der Waals surface area contributed by atoms with Crippen LogP contribution in [-0.4, -0.2) is 51.4 Å². The molecule has 8 nitrogen and oxygen atoms in total. The molecule has 2 aromatic carbocycles. The summed E-state index contributed by atoms with van der Waals surface area (Å²) in [5.74, 6) is -0.871. The Balaban J connectivity index is 2.68. The van der Waals surface area contributed by atoms with Crippen molar-refractivity contribution < 1.29 is 24.2 Å². The number of alkyl carbamates (subject to hydrolysis) is 1. The van der Waals surface area contributed by atoms with Gasteiger partial charge < -0.3 is 25.4 Å². The van der Waals surface area contributed by atoms with E-state index in [1.165, 1.54) is 4.90 Å². The number of carbonyl (C=O) groups excluding carboxylic acids is 3. The number of amides is 3. The lowest BCUT2D eigenvalue weighted by Crippen LogP contribution is -2.55. The van der Waals surface area contributed by atoms with E-state index < -0.39 is 41.6 Å². The number of phenolic OH excluding ortho intramolecular Hbond substituents is 1. The van der Waals surface area contributed by atoms with Gasteiger partial charge in [-0.05, 0) is 77.5 Å². The molecule has 0 aliphatic rings. The number of anilines is 1. The monoisotopic (exact) mass is 605 g/mol. The van der Waals surface area contributed by atoms with E-state index in [1.54, 1.807) is 58.0 Å².